The van der Waals surface area contributed by atoms with E-state index in [2.05, 4.69) is 6.92 Å². The lowest BCUT2D eigenvalue weighted by molar-refractivity contribution is -0.148. The minimum Gasteiger partial charge on any atom is -0.383 e. The first-order valence-corrected chi connectivity index (χ1v) is 8.76. The van der Waals surface area contributed by atoms with E-state index in [0.717, 1.165) is 37.1 Å². The highest BCUT2D eigenvalue weighted by Gasteiger charge is 2.39. The van der Waals surface area contributed by atoms with Gasteiger partial charge < -0.3 is 14.5 Å². The Labute approximate surface area is 143 Å². The van der Waals surface area contributed by atoms with Crippen molar-refractivity contribution in [2.75, 3.05) is 33.4 Å². The highest BCUT2D eigenvalue weighted by Crippen LogP contribution is 2.33. The van der Waals surface area contributed by atoms with E-state index in [1.807, 2.05) is 29.2 Å². The van der Waals surface area contributed by atoms with Crippen LogP contribution in [0.1, 0.15) is 36.9 Å². The Kier molecular flexibility index (Phi) is 5.19. The van der Waals surface area contributed by atoms with E-state index >= 15 is 0 Å². The van der Waals surface area contributed by atoms with Gasteiger partial charge in [0.05, 0.1) is 13.0 Å². The van der Waals surface area contributed by atoms with E-state index in [1.165, 1.54) is 0 Å². The summed E-state index contributed by atoms with van der Waals surface area (Å²) in [7, 11) is 1.62. The molecule has 2 atom stereocenters. The lowest BCUT2D eigenvalue weighted by Gasteiger charge is -2.40. The van der Waals surface area contributed by atoms with Gasteiger partial charge in [0.25, 0.3) is 0 Å². The number of fused-ring (bicyclic) bond motifs is 1. The average molecular weight is 330 g/mol. The molecular weight excluding hydrogens is 304 g/mol. The minimum atomic E-state index is -0.511. The van der Waals surface area contributed by atoms with Crippen LogP contribution >= 0.6 is 0 Å². The van der Waals surface area contributed by atoms with Gasteiger partial charge in [-0.05, 0) is 29.9 Å². The molecule has 0 N–H and O–H groups in total. The molecule has 2 aliphatic rings. The summed E-state index contributed by atoms with van der Waals surface area (Å²) >= 11 is 0. The van der Waals surface area contributed by atoms with Crippen molar-refractivity contribution in [3.8, 4) is 0 Å². The topological polar surface area (TPSA) is 49.9 Å². The third-order valence-electron chi connectivity index (χ3n) is 5.06. The van der Waals surface area contributed by atoms with E-state index < -0.39 is 6.04 Å². The molecule has 3 rings (SSSR count). The van der Waals surface area contributed by atoms with Gasteiger partial charge in [-0.1, -0.05) is 31.2 Å². The van der Waals surface area contributed by atoms with Gasteiger partial charge in [-0.2, -0.15) is 0 Å². The highest BCUT2D eigenvalue weighted by molar-refractivity contribution is 5.92. The SMILES string of the molecule is COCCN1C(=O)Cc2ccccc2C1C(=O)N1CCCC(C)C1. The zero-order valence-electron chi connectivity index (χ0n) is 14.5. The summed E-state index contributed by atoms with van der Waals surface area (Å²) in [5, 5.41) is 0. The molecule has 1 aromatic rings. The van der Waals surface area contributed by atoms with Crippen LogP contribution in [-0.4, -0.2) is 55.0 Å². The molecule has 0 saturated carbocycles. The Hall–Kier alpha value is -1.88. The molecule has 2 unspecified atom stereocenters. The second-order valence-corrected chi connectivity index (χ2v) is 6.89. The van der Waals surface area contributed by atoms with Gasteiger partial charge in [0.2, 0.25) is 11.8 Å². The molecule has 0 spiro atoms. The molecule has 1 saturated heterocycles. The van der Waals surface area contributed by atoms with Crippen LogP contribution in [0.4, 0.5) is 0 Å². The summed E-state index contributed by atoms with van der Waals surface area (Å²) in [6.45, 7) is 4.64. The standard InChI is InChI=1S/C19H26N2O3/c1-14-6-5-9-20(13-14)19(23)18-16-8-4-3-7-15(16)12-17(22)21(18)10-11-24-2/h3-4,7-8,14,18H,5-6,9-13H2,1-2H3. The maximum Gasteiger partial charge on any atom is 0.250 e. The summed E-state index contributed by atoms with van der Waals surface area (Å²) in [4.78, 5) is 29.5. The van der Waals surface area contributed by atoms with Crippen LogP contribution in [0, 0.1) is 5.92 Å². The van der Waals surface area contributed by atoms with Crippen molar-refractivity contribution in [3.63, 3.8) is 0 Å². The van der Waals surface area contributed by atoms with E-state index in [0.29, 0.717) is 25.5 Å². The molecule has 2 heterocycles. The van der Waals surface area contributed by atoms with Crippen molar-refractivity contribution >= 4 is 11.8 Å². The quantitative estimate of drug-likeness (QED) is 0.849. The average Bonchev–Trinajstić information content (AvgIpc) is 2.59. The highest BCUT2D eigenvalue weighted by atomic mass is 16.5. The van der Waals surface area contributed by atoms with E-state index in [9.17, 15) is 9.59 Å². The predicted molar refractivity (Wildman–Crippen MR) is 91.5 cm³/mol. The molecule has 0 radical (unpaired) electrons. The number of hydrogen-bond donors (Lipinski definition) is 0. The zero-order chi connectivity index (χ0) is 17.1. The lowest BCUT2D eigenvalue weighted by atomic mass is 9.90. The molecule has 2 aliphatic heterocycles. The van der Waals surface area contributed by atoms with Crippen LogP contribution in [0.5, 0.6) is 0 Å². The van der Waals surface area contributed by atoms with Crippen molar-refractivity contribution in [1.29, 1.82) is 0 Å². The monoisotopic (exact) mass is 330 g/mol. The number of methoxy groups -OCH3 is 1. The number of ether oxygens (including phenoxy) is 1. The number of rotatable bonds is 4. The predicted octanol–water partition coefficient (Wildman–Crippen LogP) is 2.02. The summed E-state index contributed by atoms with van der Waals surface area (Å²) < 4.78 is 5.15. The number of carbonyl (C=O) groups is 2. The van der Waals surface area contributed by atoms with Crippen LogP contribution < -0.4 is 0 Å². The van der Waals surface area contributed by atoms with Crippen molar-refractivity contribution in [1.82, 2.24) is 9.80 Å². The number of amides is 2. The van der Waals surface area contributed by atoms with Crippen molar-refractivity contribution in [2.24, 2.45) is 5.92 Å². The first-order valence-electron chi connectivity index (χ1n) is 8.76. The maximum absolute atomic E-state index is 13.3. The Bertz CT molecular complexity index is 616. The summed E-state index contributed by atoms with van der Waals surface area (Å²) in [5.74, 6) is 0.581. The Morgan fingerprint density at radius 1 is 1.33 bits per heavy atom. The second kappa shape index (κ2) is 7.34. The lowest BCUT2D eigenvalue weighted by Crippen LogP contribution is -2.51. The smallest absolute Gasteiger partial charge is 0.250 e. The minimum absolute atomic E-state index is 0.00848. The van der Waals surface area contributed by atoms with Crippen LogP contribution in [0.3, 0.4) is 0 Å². The molecule has 1 fully saturated rings. The molecule has 0 aromatic heterocycles. The van der Waals surface area contributed by atoms with Gasteiger partial charge in [0, 0.05) is 26.7 Å². The van der Waals surface area contributed by atoms with Gasteiger partial charge in [0.1, 0.15) is 6.04 Å². The number of nitrogens with zero attached hydrogens (tertiary/aromatic N) is 2. The Balaban J connectivity index is 1.92. The molecule has 5 nitrogen and oxygen atoms in total. The molecule has 1 aromatic carbocycles. The fourth-order valence-electron chi connectivity index (χ4n) is 3.81. The Morgan fingerprint density at radius 3 is 2.88 bits per heavy atom. The van der Waals surface area contributed by atoms with Crippen molar-refractivity contribution in [2.45, 2.75) is 32.2 Å². The fraction of sp³-hybridized carbons (Fsp3) is 0.579. The zero-order valence-corrected chi connectivity index (χ0v) is 14.5. The first kappa shape index (κ1) is 17.0. The molecular formula is C19H26N2O3. The van der Waals surface area contributed by atoms with E-state index in [1.54, 1.807) is 12.0 Å². The van der Waals surface area contributed by atoms with E-state index in [4.69, 9.17) is 4.74 Å². The fourth-order valence-corrected chi connectivity index (χ4v) is 3.81. The molecule has 24 heavy (non-hydrogen) atoms. The van der Waals surface area contributed by atoms with Gasteiger partial charge in [0.15, 0.2) is 0 Å². The first-order chi connectivity index (χ1) is 11.6. The molecule has 0 bridgehead atoms. The molecule has 0 aliphatic carbocycles. The number of hydrogen-bond acceptors (Lipinski definition) is 3. The van der Waals surface area contributed by atoms with Crippen LogP contribution in [0.25, 0.3) is 0 Å². The number of benzene rings is 1. The number of likely N-dealkylation sites (tertiary alicyclic amines) is 1. The van der Waals surface area contributed by atoms with Crippen LogP contribution in [0.2, 0.25) is 0 Å². The number of piperidine rings is 1. The molecule has 130 valence electrons. The maximum atomic E-state index is 13.3. The normalized spacial score (nSPS) is 24.0. The van der Waals surface area contributed by atoms with Gasteiger partial charge in [-0.3, -0.25) is 9.59 Å². The van der Waals surface area contributed by atoms with Gasteiger partial charge >= 0.3 is 0 Å². The largest absolute Gasteiger partial charge is 0.383 e. The second-order valence-electron chi connectivity index (χ2n) is 6.89. The summed E-state index contributed by atoms with van der Waals surface area (Å²) in [6, 6.07) is 7.31. The third-order valence-corrected chi connectivity index (χ3v) is 5.06. The summed E-state index contributed by atoms with van der Waals surface area (Å²) in [6.07, 6.45) is 2.56. The van der Waals surface area contributed by atoms with Crippen molar-refractivity contribution in [3.05, 3.63) is 35.4 Å². The number of carbonyl (C=O) groups excluding carboxylic acids is 2. The van der Waals surface area contributed by atoms with Crippen LogP contribution in [0.15, 0.2) is 24.3 Å². The van der Waals surface area contributed by atoms with Gasteiger partial charge in [-0.15, -0.1) is 0 Å². The van der Waals surface area contributed by atoms with Gasteiger partial charge in [-0.25, -0.2) is 0 Å². The van der Waals surface area contributed by atoms with Crippen molar-refractivity contribution < 1.29 is 14.3 Å². The van der Waals surface area contributed by atoms with Crippen LogP contribution in [-0.2, 0) is 20.7 Å². The molecule has 5 heteroatoms. The summed E-state index contributed by atoms with van der Waals surface area (Å²) in [5.41, 5.74) is 1.94. The Morgan fingerprint density at radius 2 is 2.12 bits per heavy atom. The molecule has 2 amide bonds. The third kappa shape index (κ3) is 3.31. The van der Waals surface area contributed by atoms with E-state index in [-0.39, 0.29) is 11.8 Å².